The number of likely N-dealkylation sites (tertiary alicyclic amines) is 1. The first-order valence-corrected chi connectivity index (χ1v) is 9.55. The van der Waals surface area contributed by atoms with Crippen molar-refractivity contribution in [3.8, 4) is 0 Å². The van der Waals surface area contributed by atoms with Gasteiger partial charge in [-0.25, -0.2) is 0 Å². The van der Waals surface area contributed by atoms with E-state index in [1.807, 2.05) is 4.90 Å². The highest BCUT2D eigenvalue weighted by atomic mass is 16.5. The molecule has 0 aliphatic carbocycles. The number of morpholine rings is 1. The van der Waals surface area contributed by atoms with E-state index in [9.17, 15) is 4.79 Å². The minimum absolute atomic E-state index is 0.0830. The van der Waals surface area contributed by atoms with Crippen LogP contribution in [0.1, 0.15) is 31.2 Å². The van der Waals surface area contributed by atoms with Crippen molar-refractivity contribution < 1.29 is 14.3 Å². The van der Waals surface area contributed by atoms with Crippen molar-refractivity contribution in [3.63, 3.8) is 0 Å². The number of nitrogens with zero attached hydrogens (tertiary/aromatic N) is 2. The van der Waals surface area contributed by atoms with E-state index < -0.39 is 0 Å². The van der Waals surface area contributed by atoms with Gasteiger partial charge in [0.1, 0.15) is 6.10 Å². The zero-order chi connectivity index (χ0) is 17.1. The first kappa shape index (κ1) is 17.0. The maximum Gasteiger partial charge on any atom is 0.251 e. The lowest BCUT2D eigenvalue weighted by Gasteiger charge is -2.47. The second-order valence-corrected chi connectivity index (χ2v) is 7.55. The normalized spacial score (nSPS) is 26.9. The first-order chi connectivity index (χ1) is 12.2. The second-order valence-electron chi connectivity index (χ2n) is 7.55. The molecule has 25 heavy (non-hydrogen) atoms. The number of carbonyl (C=O) groups is 1. The van der Waals surface area contributed by atoms with E-state index in [0.29, 0.717) is 0 Å². The van der Waals surface area contributed by atoms with Gasteiger partial charge in [0.05, 0.1) is 12.2 Å². The Morgan fingerprint density at radius 1 is 1.12 bits per heavy atom. The van der Waals surface area contributed by atoms with Crippen LogP contribution in [-0.4, -0.2) is 66.8 Å². The molecule has 0 bridgehead atoms. The van der Waals surface area contributed by atoms with Gasteiger partial charge in [-0.1, -0.05) is 30.3 Å². The van der Waals surface area contributed by atoms with Crippen molar-refractivity contribution in [1.29, 1.82) is 0 Å². The van der Waals surface area contributed by atoms with E-state index in [-0.39, 0.29) is 17.6 Å². The van der Waals surface area contributed by atoms with Gasteiger partial charge in [-0.15, -0.1) is 0 Å². The molecule has 0 N–H and O–H groups in total. The maximum absolute atomic E-state index is 12.5. The van der Waals surface area contributed by atoms with Crippen molar-refractivity contribution in [2.75, 3.05) is 39.4 Å². The Bertz CT molecular complexity index is 578. The van der Waals surface area contributed by atoms with Gasteiger partial charge in [0, 0.05) is 39.3 Å². The average molecular weight is 344 g/mol. The predicted molar refractivity (Wildman–Crippen MR) is 95.2 cm³/mol. The molecule has 0 unspecified atom stereocenters. The zero-order valence-electron chi connectivity index (χ0n) is 14.9. The summed E-state index contributed by atoms with van der Waals surface area (Å²) in [7, 11) is 0. The standard InChI is InChI=1S/C20H28N2O3/c23-19(18-7-4-13-24-18)22-10-8-20(9-11-22)16-21(12-14-25-20)15-17-5-2-1-3-6-17/h1-3,5-6,18H,4,7-16H2/t18-/m0/s1. The zero-order valence-corrected chi connectivity index (χ0v) is 14.9. The quantitative estimate of drug-likeness (QED) is 0.842. The minimum Gasteiger partial charge on any atom is -0.372 e. The molecule has 136 valence electrons. The van der Waals surface area contributed by atoms with Crippen LogP contribution in [0, 0.1) is 0 Å². The van der Waals surface area contributed by atoms with Gasteiger partial charge in [-0.05, 0) is 31.2 Å². The molecule has 5 nitrogen and oxygen atoms in total. The molecule has 1 amide bonds. The van der Waals surface area contributed by atoms with E-state index in [4.69, 9.17) is 9.47 Å². The Kier molecular flexibility index (Phi) is 5.06. The highest BCUT2D eigenvalue weighted by molar-refractivity contribution is 5.81. The summed E-state index contributed by atoms with van der Waals surface area (Å²) in [4.78, 5) is 17.0. The summed E-state index contributed by atoms with van der Waals surface area (Å²) in [5.41, 5.74) is 1.27. The summed E-state index contributed by atoms with van der Waals surface area (Å²) in [5, 5.41) is 0. The monoisotopic (exact) mass is 344 g/mol. The van der Waals surface area contributed by atoms with E-state index in [1.165, 1.54) is 5.56 Å². The van der Waals surface area contributed by atoms with E-state index in [1.54, 1.807) is 0 Å². The SMILES string of the molecule is O=C([C@@H]1CCCO1)N1CCC2(CC1)CN(Cc1ccccc1)CCO2. The highest BCUT2D eigenvalue weighted by Crippen LogP contribution is 2.31. The fraction of sp³-hybridized carbons (Fsp3) is 0.650. The Morgan fingerprint density at radius 3 is 2.64 bits per heavy atom. The van der Waals surface area contributed by atoms with Crippen LogP contribution in [-0.2, 0) is 20.8 Å². The topological polar surface area (TPSA) is 42.0 Å². The lowest BCUT2D eigenvalue weighted by molar-refractivity contribution is -0.157. The summed E-state index contributed by atoms with van der Waals surface area (Å²) < 4.78 is 11.8. The van der Waals surface area contributed by atoms with Gasteiger partial charge in [-0.2, -0.15) is 0 Å². The predicted octanol–water partition coefficient (Wildman–Crippen LogP) is 2.06. The second kappa shape index (κ2) is 7.44. The molecule has 1 aromatic rings. The van der Waals surface area contributed by atoms with Gasteiger partial charge < -0.3 is 14.4 Å². The molecule has 4 rings (SSSR count). The largest absolute Gasteiger partial charge is 0.372 e. The molecule has 3 aliphatic rings. The van der Waals surface area contributed by atoms with Gasteiger partial charge in [0.2, 0.25) is 0 Å². The molecular formula is C20H28N2O3. The smallest absolute Gasteiger partial charge is 0.251 e. The van der Waals surface area contributed by atoms with Crippen LogP contribution in [0.25, 0.3) is 0 Å². The number of benzene rings is 1. The summed E-state index contributed by atoms with van der Waals surface area (Å²) in [5.74, 6) is 0.185. The Labute approximate surface area is 149 Å². The number of amides is 1. The Balaban J connectivity index is 1.33. The van der Waals surface area contributed by atoms with Crippen molar-refractivity contribution in [1.82, 2.24) is 9.80 Å². The molecule has 0 aromatic heterocycles. The first-order valence-electron chi connectivity index (χ1n) is 9.55. The lowest BCUT2D eigenvalue weighted by atomic mass is 9.89. The minimum atomic E-state index is -0.198. The van der Waals surface area contributed by atoms with Gasteiger partial charge in [0.25, 0.3) is 5.91 Å². The average Bonchev–Trinajstić information content (AvgIpc) is 3.18. The van der Waals surface area contributed by atoms with Crippen molar-refractivity contribution in [3.05, 3.63) is 35.9 Å². The number of carbonyl (C=O) groups excluding carboxylic acids is 1. The molecular weight excluding hydrogens is 316 g/mol. The lowest BCUT2D eigenvalue weighted by Crippen LogP contribution is -2.58. The summed E-state index contributed by atoms with van der Waals surface area (Å²) >= 11 is 0. The third-order valence-electron chi connectivity index (χ3n) is 5.77. The van der Waals surface area contributed by atoms with Crippen LogP contribution in [0.3, 0.4) is 0 Å². The number of hydrogen-bond acceptors (Lipinski definition) is 4. The van der Waals surface area contributed by atoms with E-state index in [0.717, 1.165) is 71.6 Å². The van der Waals surface area contributed by atoms with Gasteiger partial charge >= 0.3 is 0 Å². The van der Waals surface area contributed by atoms with E-state index in [2.05, 4.69) is 35.2 Å². The molecule has 0 saturated carbocycles. The Morgan fingerprint density at radius 2 is 1.92 bits per heavy atom. The number of piperidine rings is 1. The molecule has 3 fully saturated rings. The van der Waals surface area contributed by atoms with Crippen LogP contribution in [0.4, 0.5) is 0 Å². The maximum atomic E-state index is 12.5. The fourth-order valence-electron chi connectivity index (χ4n) is 4.31. The molecule has 3 heterocycles. The van der Waals surface area contributed by atoms with Crippen LogP contribution in [0.5, 0.6) is 0 Å². The van der Waals surface area contributed by atoms with Crippen molar-refractivity contribution in [2.45, 2.75) is 43.9 Å². The van der Waals surface area contributed by atoms with E-state index >= 15 is 0 Å². The summed E-state index contributed by atoms with van der Waals surface area (Å²) in [6.45, 7) is 6.01. The van der Waals surface area contributed by atoms with Crippen LogP contribution in [0.15, 0.2) is 30.3 Å². The number of hydrogen-bond donors (Lipinski definition) is 0. The van der Waals surface area contributed by atoms with Gasteiger partial charge in [0.15, 0.2) is 0 Å². The van der Waals surface area contributed by atoms with Crippen molar-refractivity contribution in [2.24, 2.45) is 0 Å². The number of ether oxygens (including phenoxy) is 2. The number of rotatable bonds is 3. The molecule has 1 atom stereocenters. The molecule has 1 aromatic carbocycles. The molecule has 3 aliphatic heterocycles. The fourth-order valence-corrected chi connectivity index (χ4v) is 4.31. The third kappa shape index (κ3) is 3.89. The van der Waals surface area contributed by atoms with Crippen molar-refractivity contribution >= 4 is 5.91 Å². The Hall–Kier alpha value is -1.43. The molecule has 1 spiro atoms. The molecule has 3 saturated heterocycles. The van der Waals surface area contributed by atoms with Crippen LogP contribution >= 0.6 is 0 Å². The van der Waals surface area contributed by atoms with Crippen LogP contribution < -0.4 is 0 Å². The summed E-state index contributed by atoms with van der Waals surface area (Å²) in [6.07, 6.45) is 3.54. The van der Waals surface area contributed by atoms with Gasteiger partial charge in [-0.3, -0.25) is 9.69 Å². The molecule has 5 heteroatoms. The summed E-state index contributed by atoms with van der Waals surface area (Å²) in [6, 6.07) is 10.6. The molecule has 0 radical (unpaired) electrons. The highest BCUT2D eigenvalue weighted by Gasteiger charge is 2.41. The van der Waals surface area contributed by atoms with Crippen LogP contribution in [0.2, 0.25) is 0 Å². The third-order valence-corrected chi connectivity index (χ3v) is 5.77.